The Hall–Kier alpha value is -0.800. The van der Waals surface area contributed by atoms with Crippen LogP contribution in [0.1, 0.15) is 12.0 Å². The van der Waals surface area contributed by atoms with Crippen molar-refractivity contribution in [3.05, 3.63) is 24.2 Å². The van der Waals surface area contributed by atoms with Crippen molar-refractivity contribution >= 4 is 0 Å². The third-order valence-electron chi connectivity index (χ3n) is 1.55. The summed E-state index contributed by atoms with van der Waals surface area (Å²) < 4.78 is 4.85. The molecular formula is C8H13NO2. The molecule has 0 bridgehead atoms. The molecule has 0 aliphatic carbocycles. The molecule has 1 atom stereocenters. The van der Waals surface area contributed by atoms with Gasteiger partial charge in [-0.3, -0.25) is 0 Å². The lowest BCUT2D eigenvalue weighted by molar-refractivity contribution is 0.167. The van der Waals surface area contributed by atoms with Gasteiger partial charge in [-0.1, -0.05) is 0 Å². The van der Waals surface area contributed by atoms with Crippen LogP contribution in [0.2, 0.25) is 0 Å². The number of aliphatic hydroxyl groups excluding tert-OH is 1. The van der Waals surface area contributed by atoms with E-state index in [1.54, 1.807) is 12.5 Å². The molecule has 1 heterocycles. The largest absolute Gasteiger partial charge is 0.472 e. The maximum atomic E-state index is 9.30. The monoisotopic (exact) mass is 155 g/mol. The van der Waals surface area contributed by atoms with Gasteiger partial charge in [-0.2, -0.15) is 0 Å². The smallest absolute Gasteiger partial charge is 0.0935 e. The van der Waals surface area contributed by atoms with Crippen molar-refractivity contribution in [3.63, 3.8) is 0 Å². The van der Waals surface area contributed by atoms with Crippen LogP contribution in [0, 0.1) is 0 Å². The van der Waals surface area contributed by atoms with Crippen molar-refractivity contribution in [2.75, 3.05) is 6.54 Å². The van der Waals surface area contributed by atoms with E-state index in [1.807, 2.05) is 6.07 Å². The Balaban J connectivity index is 2.31. The van der Waals surface area contributed by atoms with E-state index in [-0.39, 0.29) is 6.10 Å². The summed E-state index contributed by atoms with van der Waals surface area (Å²) in [6.45, 7) is 0.527. The number of aliphatic hydroxyl groups is 1. The summed E-state index contributed by atoms with van der Waals surface area (Å²) >= 11 is 0. The fraction of sp³-hybridized carbons (Fsp3) is 0.500. The zero-order valence-corrected chi connectivity index (χ0v) is 6.36. The van der Waals surface area contributed by atoms with E-state index >= 15 is 0 Å². The first-order valence-electron chi connectivity index (χ1n) is 3.72. The molecule has 1 unspecified atom stereocenters. The van der Waals surface area contributed by atoms with Gasteiger partial charge in [-0.25, -0.2) is 0 Å². The van der Waals surface area contributed by atoms with Crippen LogP contribution in [-0.2, 0) is 6.42 Å². The second-order valence-electron chi connectivity index (χ2n) is 2.57. The highest BCUT2D eigenvalue weighted by molar-refractivity contribution is 5.06. The Morgan fingerprint density at radius 1 is 1.64 bits per heavy atom. The summed E-state index contributed by atoms with van der Waals surface area (Å²) in [5.41, 5.74) is 6.29. The molecule has 3 nitrogen and oxygen atoms in total. The molecule has 0 fully saturated rings. The molecule has 62 valence electrons. The van der Waals surface area contributed by atoms with Crippen molar-refractivity contribution in [2.45, 2.75) is 18.9 Å². The third kappa shape index (κ3) is 2.74. The van der Waals surface area contributed by atoms with Gasteiger partial charge in [-0.05, 0) is 24.6 Å². The van der Waals surface area contributed by atoms with Crippen LogP contribution in [0.25, 0.3) is 0 Å². The lowest BCUT2D eigenvalue weighted by Gasteiger charge is -2.05. The van der Waals surface area contributed by atoms with E-state index in [2.05, 4.69) is 0 Å². The van der Waals surface area contributed by atoms with Gasteiger partial charge in [-0.15, -0.1) is 0 Å². The maximum absolute atomic E-state index is 9.30. The predicted molar refractivity (Wildman–Crippen MR) is 42.1 cm³/mol. The number of rotatable bonds is 4. The van der Waals surface area contributed by atoms with E-state index in [4.69, 9.17) is 10.2 Å². The molecule has 0 saturated heterocycles. The van der Waals surface area contributed by atoms with Gasteiger partial charge < -0.3 is 15.3 Å². The second-order valence-corrected chi connectivity index (χ2v) is 2.57. The highest BCUT2D eigenvalue weighted by Crippen LogP contribution is 2.05. The molecule has 0 spiro atoms. The van der Waals surface area contributed by atoms with E-state index < -0.39 is 0 Å². The van der Waals surface area contributed by atoms with Crippen LogP contribution in [0.4, 0.5) is 0 Å². The molecule has 0 amide bonds. The minimum Gasteiger partial charge on any atom is -0.472 e. The highest BCUT2D eigenvalue weighted by atomic mass is 16.3. The molecule has 0 aliphatic rings. The molecule has 1 aromatic rings. The molecule has 0 saturated carbocycles. The topological polar surface area (TPSA) is 59.4 Å². The normalized spacial score (nSPS) is 13.3. The lowest BCUT2D eigenvalue weighted by atomic mass is 10.1. The van der Waals surface area contributed by atoms with Crippen molar-refractivity contribution in [2.24, 2.45) is 5.73 Å². The summed E-state index contributed by atoms with van der Waals surface area (Å²) in [5, 5.41) is 9.30. The van der Waals surface area contributed by atoms with E-state index in [0.29, 0.717) is 19.4 Å². The van der Waals surface area contributed by atoms with Crippen LogP contribution in [0.15, 0.2) is 23.0 Å². The molecular weight excluding hydrogens is 142 g/mol. The van der Waals surface area contributed by atoms with Gasteiger partial charge in [0.05, 0.1) is 18.6 Å². The molecule has 1 aromatic heterocycles. The minimum absolute atomic E-state index is 0.336. The minimum atomic E-state index is -0.336. The number of nitrogens with two attached hydrogens (primary N) is 1. The first-order valence-corrected chi connectivity index (χ1v) is 3.72. The van der Waals surface area contributed by atoms with Crippen molar-refractivity contribution in [1.82, 2.24) is 0 Å². The van der Waals surface area contributed by atoms with Crippen LogP contribution >= 0.6 is 0 Å². The van der Waals surface area contributed by atoms with E-state index in [1.165, 1.54) is 0 Å². The van der Waals surface area contributed by atoms with Gasteiger partial charge in [0.25, 0.3) is 0 Å². The quantitative estimate of drug-likeness (QED) is 0.666. The highest BCUT2D eigenvalue weighted by Gasteiger charge is 2.04. The van der Waals surface area contributed by atoms with Gasteiger partial charge in [0, 0.05) is 6.42 Å². The van der Waals surface area contributed by atoms with Crippen molar-refractivity contribution in [3.8, 4) is 0 Å². The first kappa shape index (κ1) is 8.30. The maximum Gasteiger partial charge on any atom is 0.0935 e. The second kappa shape index (κ2) is 4.16. The number of hydrogen-bond acceptors (Lipinski definition) is 3. The molecule has 11 heavy (non-hydrogen) atoms. The molecule has 3 heteroatoms. The molecule has 0 aliphatic heterocycles. The van der Waals surface area contributed by atoms with Gasteiger partial charge in [0.2, 0.25) is 0 Å². The Morgan fingerprint density at radius 3 is 3.00 bits per heavy atom. The Bertz CT molecular complexity index is 184. The molecule has 1 rings (SSSR count). The Labute approximate surface area is 65.8 Å². The van der Waals surface area contributed by atoms with Crippen LogP contribution in [-0.4, -0.2) is 17.8 Å². The van der Waals surface area contributed by atoms with E-state index in [9.17, 15) is 5.11 Å². The van der Waals surface area contributed by atoms with Crippen molar-refractivity contribution < 1.29 is 9.52 Å². The summed E-state index contributed by atoms with van der Waals surface area (Å²) in [5.74, 6) is 0. The Morgan fingerprint density at radius 2 is 2.45 bits per heavy atom. The standard InChI is InChI=1S/C8H13NO2/c9-3-1-8(10)5-7-2-4-11-6-7/h2,4,6,8,10H,1,3,5,9H2. The summed E-state index contributed by atoms with van der Waals surface area (Å²) in [7, 11) is 0. The Kier molecular flexibility index (Phi) is 3.14. The van der Waals surface area contributed by atoms with Crippen LogP contribution in [0.3, 0.4) is 0 Å². The van der Waals surface area contributed by atoms with Gasteiger partial charge in [0.1, 0.15) is 0 Å². The average molecular weight is 155 g/mol. The summed E-state index contributed by atoms with van der Waals surface area (Å²) in [6.07, 6.45) is 4.18. The van der Waals surface area contributed by atoms with Crippen LogP contribution < -0.4 is 5.73 Å². The zero-order chi connectivity index (χ0) is 8.10. The van der Waals surface area contributed by atoms with Gasteiger partial charge in [0.15, 0.2) is 0 Å². The number of furan rings is 1. The fourth-order valence-corrected chi connectivity index (χ4v) is 0.975. The summed E-state index contributed by atoms with van der Waals surface area (Å²) in [6, 6.07) is 1.85. The lowest BCUT2D eigenvalue weighted by Crippen LogP contribution is -2.15. The SMILES string of the molecule is NCCC(O)Cc1ccoc1. The molecule has 3 N–H and O–H groups in total. The molecule has 0 radical (unpaired) electrons. The average Bonchev–Trinajstić information content (AvgIpc) is 2.40. The molecule has 0 aromatic carbocycles. The fourth-order valence-electron chi connectivity index (χ4n) is 0.975. The van der Waals surface area contributed by atoms with E-state index in [0.717, 1.165) is 5.56 Å². The number of hydrogen-bond donors (Lipinski definition) is 2. The van der Waals surface area contributed by atoms with Gasteiger partial charge >= 0.3 is 0 Å². The predicted octanol–water partition coefficient (Wildman–Crippen LogP) is 0.532. The summed E-state index contributed by atoms with van der Waals surface area (Å²) in [4.78, 5) is 0. The third-order valence-corrected chi connectivity index (χ3v) is 1.55. The van der Waals surface area contributed by atoms with Crippen molar-refractivity contribution in [1.29, 1.82) is 0 Å². The first-order chi connectivity index (χ1) is 5.33. The zero-order valence-electron chi connectivity index (χ0n) is 6.36. The van der Waals surface area contributed by atoms with Crippen LogP contribution in [0.5, 0.6) is 0 Å².